The lowest BCUT2D eigenvalue weighted by molar-refractivity contribution is -0.117. The number of benzene rings is 2. The second-order valence-electron chi connectivity index (χ2n) is 6.86. The highest BCUT2D eigenvalue weighted by Crippen LogP contribution is 2.34. The number of methoxy groups -OCH3 is 2. The molecule has 4 rings (SSSR count). The van der Waals surface area contributed by atoms with Gasteiger partial charge in [-0.3, -0.25) is 4.79 Å². The minimum atomic E-state index is -0.162. The second kappa shape index (κ2) is 8.44. The number of aromatic nitrogens is 2. The summed E-state index contributed by atoms with van der Waals surface area (Å²) in [6.45, 7) is 2.94. The zero-order chi connectivity index (χ0) is 21.1. The molecule has 1 aromatic heterocycles. The van der Waals surface area contributed by atoms with Crippen molar-refractivity contribution in [2.75, 3.05) is 32.3 Å². The fourth-order valence-corrected chi connectivity index (χ4v) is 3.48. The van der Waals surface area contributed by atoms with E-state index in [0.717, 1.165) is 17.0 Å². The van der Waals surface area contributed by atoms with Crippen LogP contribution in [0.1, 0.15) is 25.2 Å². The molecule has 1 saturated heterocycles. The van der Waals surface area contributed by atoms with Gasteiger partial charge in [0.15, 0.2) is 11.5 Å². The maximum atomic E-state index is 12.5. The Morgan fingerprint density at radius 2 is 1.90 bits per heavy atom. The van der Waals surface area contributed by atoms with Gasteiger partial charge in [0.1, 0.15) is 5.75 Å². The van der Waals surface area contributed by atoms with Gasteiger partial charge in [0.25, 0.3) is 0 Å². The first-order chi connectivity index (χ1) is 14.6. The Bertz CT molecular complexity index is 1030. The fourth-order valence-electron chi connectivity index (χ4n) is 3.48. The van der Waals surface area contributed by atoms with E-state index in [1.165, 1.54) is 0 Å². The van der Waals surface area contributed by atoms with Crippen molar-refractivity contribution in [1.82, 2.24) is 10.1 Å². The number of carbonyl (C=O) groups excluding carboxylic acids is 1. The van der Waals surface area contributed by atoms with E-state index < -0.39 is 0 Å². The molecular formula is C22H23N3O5. The molecule has 1 unspecified atom stereocenters. The van der Waals surface area contributed by atoms with Gasteiger partial charge in [0.05, 0.1) is 26.7 Å². The summed E-state index contributed by atoms with van der Waals surface area (Å²) in [5, 5.41) is 4.10. The Morgan fingerprint density at radius 1 is 1.10 bits per heavy atom. The van der Waals surface area contributed by atoms with E-state index in [1.807, 2.05) is 49.4 Å². The Labute approximate surface area is 174 Å². The van der Waals surface area contributed by atoms with E-state index >= 15 is 0 Å². The molecule has 8 heteroatoms. The zero-order valence-electron chi connectivity index (χ0n) is 17.1. The fraction of sp³-hybridized carbons (Fsp3) is 0.318. The minimum absolute atomic E-state index is 0.0210. The van der Waals surface area contributed by atoms with E-state index in [1.54, 1.807) is 19.1 Å². The molecule has 156 valence electrons. The van der Waals surface area contributed by atoms with Gasteiger partial charge in [-0.2, -0.15) is 4.98 Å². The van der Waals surface area contributed by atoms with Crippen molar-refractivity contribution >= 4 is 11.6 Å². The van der Waals surface area contributed by atoms with Crippen LogP contribution in [-0.4, -0.2) is 43.4 Å². The number of nitrogens with zero attached hydrogens (tertiary/aromatic N) is 3. The Hall–Kier alpha value is -3.55. The largest absolute Gasteiger partial charge is 0.497 e. The highest BCUT2D eigenvalue weighted by molar-refractivity contribution is 5.96. The Balaban J connectivity index is 1.52. The van der Waals surface area contributed by atoms with Crippen molar-refractivity contribution in [3.63, 3.8) is 0 Å². The molecule has 30 heavy (non-hydrogen) atoms. The molecular weight excluding hydrogens is 386 g/mol. The van der Waals surface area contributed by atoms with Crippen LogP contribution in [0.5, 0.6) is 17.2 Å². The molecule has 0 N–H and O–H groups in total. The molecule has 8 nitrogen and oxygen atoms in total. The molecule has 0 radical (unpaired) electrons. The van der Waals surface area contributed by atoms with Crippen LogP contribution in [0.25, 0.3) is 11.4 Å². The molecule has 1 aliphatic rings. The number of anilines is 1. The van der Waals surface area contributed by atoms with E-state index in [9.17, 15) is 4.79 Å². The maximum absolute atomic E-state index is 12.5. The molecule has 0 bridgehead atoms. The van der Waals surface area contributed by atoms with E-state index in [0.29, 0.717) is 42.8 Å². The van der Waals surface area contributed by atoms with Gasteiger partial charge in [-0.15, -0.1) is 0 Å². The lowest BCUT2D eigenvalue weighted by Gasteiger charge is -2.16. The predicted molar refractivity (Wildman–Crippen MR) is 110 cm³/mol. The van der Waals surface area contributed by atoms with Crippen LogP contribution in [0.2, 0.25) is 0 Å². The van der Waals surface area contributed by atoms with Gasteiger partial charge in [-0.1, -0.05) is 5.16 Å². The van der Waals surface area contributed by atoms with Crippen molar-refractivity contribution in [2.45, 2.75) is 19.3 Å². The minimum Gasteiger partial charge on any atom is -0.497 e. The Morgan fingerprint density at radius 3 is 2.60 bits per heavy atom. The predicted octanol–water partition coefficient (Wildman–Crippen LogP) is 3.67. The third-order valence-electron chi connectivity index (χ3n) is 5.02. The van der Waals surface area contributed by atoms with Crippen LogP contribution in [0, 0.1) is 0 Å². The average molecular weight is 409 g/mol. The number of carbonyl (C=O) groups is 1. The van der Waals surface area contributed by atoms with Gasteiger partial charge in [-0.25, -0.2) is 0 Å². The third-order valence-corrected chi connectivity index (χ3v) is 5.02. The normalized spacial score (nSPS) is 16.0. The van der Waals surface area contributed by atoms with Crippen LogP contribution >= 0.6 is 0 Å². The van der Waals surface area contributed by atoms with E-state index in [2.05, 4.69) is 10.1 Å². The number of amides is 1. The van der Waals surface area contributed by atoms with Crippen LogP contribution in [0.4, 0.5) is 5.69 Å². The van der Waals surface area contributed by atoms with Gasteiger partial charge >= 0.3 is 0 Å². The number of hydrogen-bond acceptors (Lipinski definition) is 7. The lowest BCUT2D eigenvalue weighted by Crippen LogP contribution is -2.24. The molecule has 0 spiro atoms. The summed E-state index contributed by atoms with van der Waals surface area (Å²) >= 11 is 0. The van der Waals surface area contributed by atoms with Crippen LogP contribution < -0.4 is 19.1 Å². The lowest BCUT2D eigenvalue weighted by atomic mass is 10.1. The molecule has 0 saturated carbocycles. The zero-order valence-corrected chi connectivity index (χ0v) is 17.1. The van der Waals surface area contributed by atoms with Crippen LogP contribution in [-0.2, 0) is 4.79 Å². The molecule has 1 aliphatic heterocycles. The van der Waals surface area contributed by atoms with Gasteiger partial charge in [-0.05, 0) is 49.4 Å². The average Bonchev–Trinajstić information content (AvgIpc) is 3.41. The number of hydrogen-bond donors (Lipinski definition) is 0. The number of rotatable bonds is 7. The Kier molecular flexibility index (Phi) is 5.56. The van der Waals surface area contributed by atoms with E-state index in [-0.39, 0.29) is 11.8 Å². The topological polar surface area (TPSA) is 86.9 Å². The van der Waals surface area contributed by atoms with Crippen molar-refractivity contribution in [3.8, 4) is 28.6 Å². The summed E-state index contributed by atoms with van der Waals surface area (Å²) in [5.74, 6) is 2.75. The quantitative estimate of drug-likeness (QED) is 0.588. The third kappa shape index (κ3) is 3.80. The van der Waals surface area contributed by atoms with Crippen molar-refractivity contribution < 1.29 is 23.5 Å². The smallest absolute Gasteiger partial charge is 0.232 e. The van der Waals surface area contributed by atoms with Gasteiger partial charge in [0, 0.05) is 24.2 Å². The SMILES string of the molecule is CCOc1ccc(-c2noc(C3CC(=O)N(c4ccc(OC)cc4)C3)n2)cc1OC. The van der Waals surface area contributed by atoms with Gasteiger partial charge < -0.3 is 23.6 Å². The first-order valence-corrected chi connectivity index (χ1v) is 9.72. The van der Waals surface area contributed by atoms with Crippen LogP contribution in [0.3, 0.4) is 0 Å². The summed E-state index contributed by atoms with van der Waals surface area (Å²) in [5.41, 5.74) is 1.57. The first kappa shape index (κ1) is 19.8. The molecule has 1 atom stereocenters. The number of ether oxygens (including phenoxy) is 3. The summed E-state index contributed by atoms with van der Waals surface area (Å²) < 4.78 is 21.6. The van der Waals surface area contributed by atoms with Crippen molar-refractivity contribution in [3.05, 3.63) is 48.4 Å². The highest BCUT2D eigenvalue weighted by atomic mass is 16.5. The monoisotopic (exact) mass is 409 g/mol. The molecule has 2 heterocycles. The maximum Gasteiger partial charge on any atom is 0.232 e. The summed E-state index contributed by atoms with van der Waals surface area (Å²) in [6.07, 6.45) is 0.320. The van der Waals surface area contributed by atoms with Crippen molar-refractivity contribution in [1.29, 1.82) is 0 Å². The van der Waals surface area contributed by atoms with Gasteiger partial charge in [0.2, 0.25) is 17.6 Å². The highest BCUT2D eigenvalue weighted by Gasteiger charge is 2.35. The van der Waals surface area contributed by atoms with E-state index in [4.69, 9.17) is 18.7 Å². The molecule has 3 aromatic rings. The standard InChI is InChI=1S/C22H23N3O5/c1-4-29-18-10-5-14(11-19(18)28-3)21-23-22(30-24-21)15-12-20(26)25(13-15)16-6-8-17(27-2)9-7-16/h5-11,15H,4,12-13H2,1-3H3. The molecule has 1 amide bonds. The molecule has 1 fully saturated rings. The second-order valence-corrected chi connectivity index (χ2v) is 6.86. The first-order valence-electron chi connectivity index (χ1n) is 9.72. The molecule has 2 aromatic carbocycles. The van der Waals surface area contributed by atoms with Crippen LogP contribution in [0.15, 0.2) is 47.0 Å². The summed E-state index contributed by atoms with van der Waals surface area (Å²) in [6, 6.07) is 12.9. The summed E-state index contributed by atoms with van der Waals surface area (Å²) in [4.78, 5) is 18.8. The molecule has 0 aliphatic carbocycles. The summed E-state index contributed by atoms with van der Waals surface area (Å²) in [7, 11) is 3.19. The van der Waals surface area contributed by atoms with Crippen molar-refractivity contribution in [2.24, 2.45) is 0 Å².